The van der Waals surface area contributed by atoms with E-state index in [1.54, 1.807) is 7.11 Å². The largest absolute Gasteiger partial charge is 0.384 e. The third-order valence-electron chi connectivity index (χ3n) is 4.48. The zero-order chi connectivity index (χ0) is 19.1. The minimum absolute atomic E-state index is 0. The van der Waals surface area contributed by atoms with Crippen LogP contribution in [0.25, 0.3) is 11.4 Å². The Morgan fingerprint density at radius 1 is 1.39 bits per heavy atom. The van der Waals surface area contributed by atoms with Crippen LogP contribution in [0.5, 0.6) is 0 Å². The topological polar surface area (TPSA) is 75.8 Å². The molecule has 28 heavy (non-hydrogen) atoms. The van der Waals surface area contributed by atoms with Gasteiger partial charge in [-0.15, -0.1) is 24.0 Å². The Balaban J connectivity index is 0.00000280. The number of benzene rings is 1. The summed E-state index contributed by atoms with van der Waals surface area (Å²) in [5.74, 6) is 2.66. The number of nitrogens with one attached hydrogen (secondary N) is 1. The van der Waals surface area contributed by atoms with E-state index in [4.69, 9.17) is 25.9 Å². The molecule has 2 heterocycles. The van der Waals surface area contributed by atoms with Gasteiger partial charge >= 0.3 is 0 Å². The summed E-state index contributed by atoms with van der Waals surface area (Å²) < 4.78 is 10.6. The molecule has 0 spiro atoms. The van der Waals surface area contributed by atoms with Crippen molar-refractivity contribution in [2.45, 2.75) is 19.8 Å². The number of hydrogen-bond acceptors (Lipinski definition) is 5. The smallest absolute Gasteiger partial charge is 0.228 e. The predicted octanol–water partition coefficient (Wildman–Crippen LogP) is 3.48. The van der Waals surface area contributed by atoms with Crippen LogP contribution in [0.1, 0.15) is 19.2 Å². The number of guanidine groups is 1. The van der Waals surface area contributed by atoms with Crippen molar-refractivity contribution < 1.29 is 9.26 Å². The summed E-state index contributed by atoms with van der Waals surface area (Å²) in [6.07, 6.45) is 1.73. The molecule has 1 aliphatic heterocycles. The maximum atomic E-state index is 5.91. The number of hydrogen-bond donors (Lipinski definition) is 1. The van der Waals surface area contributed by atoms with E-state index < -0.39 is 0 Å². The summed E-state index contributed by atoms with van der Waals surface area (Å²) in [7, 11) is 1.75. The normalized spacial score (nSPS) is 16.9. The molecular weight excluding hydrogens is 493 g/mol. The molecule has 0 aliphatic carbocycles. The lowest BCUT2D eigenvalue weighted by Crippen LogP contribution is -2.40. The Kier molecular flexibility index (Phi) is 9.46. The molecule has 1 unspecified atom stereocenters. The van der Waals surface area contributed by atoms with E-state index in [9.17, 15) is 0 Å². The van der Waals surface area contributed by atoms with Gasteiger partial charge in [0, 0.05) is 49.7 Å². The van der Waals surface area contributed by atoms with Gasteiger partial charge in [-0.05, 0) is 37.6 Å². The molecule has 1 aliphatic rings. The SMILES string of the molecule is CCNC(=NCCc1nc(-c2ccc(Cl)cc2)no1)N1CCC(COC)C1.I. The molecule has 7 nitrogen and oxygen atoms in total. The second kappa shape index (κ2) is 11.6. The number of likely N-dealkylation sites (tertiary alicyclic amines) is 1. The number of ether oxygens (including phenoxy) is 1. The highest BCUT2D eigenvalue weighted by Gasteiger charge is 2.24. The van der Waals surface area contributed by atoms with E-state index in [0.717, 1.165) is 44.2 Å². The minimum atomic E-state index is 0. The molecule has 0 saturated carbocycles. The fourth-order valence-corrected chi connectivity index (χ4v) is 3.28. The fourth-order valence-electron chi connectivity index (χ4n) is 3.15. The van der Waals surface area contributed by atoms with E-state index in [1.165, 1.54) is 0 Å². The summed E-state index contributed by atoms with van der Waals surface area (Å²) in [6.45, 7) is 6.28. The zero-order valence-electron chi connectivity index (χ0n) is 16.2. The van der Waals surface area contributed by atoms with Gasteiger partial charge in [-0.1, -0.05) is 16.8 Å². The van der Waals surface area contributed by atoms with E-state index >= 15 is 0 Å². The van der Waals surface area contributed by atoms with Gasteiger partial charge in [-0.3, -0.25) is 4.99 Å². The zero-order valence-corrected chi connectivity index (χ0v) is 19.3. The van der Waals surface area contributed by atoms with E-state index in [2.05, 4.69) is 27.3 Å². The van der Waals surface area contributed by atoms with Gasteiger partial charge in [-0.25, -0.2) is 0 Å². The highest BCUT2D eigenvalue weighted by Crippen LogP contribution is 2.19. The van der Waals surface area contributed by atoms with Gasteiger partial charge in [0.2, 0.25) is 11.7 Å². The Hall–Kier alpha value is -1.39. The van der Waals surface area contributed by atoms with Crippen LogP contribution in [0, 0.1) is 5.92 Å². The Morgan fingerprint density at radius 3 is 2.89 bits per heavy atom. The fraction of sp³-hybridized carbons (Fsp3) is 0.526. The summed E-state index contributed by atoms with van der Waals surface area (Å²) in [5.41, 5.74) is 0.882. The molecule has 1 aromatic heterocycles. The van der Waals surface area contributed by atoms with E-state index in [1.807, 2.05) is 24.3 Å². The van der Waals surface area contributed by atoms with Crippen molar-refractivity contribution in [3.05, 3.63) is 35.2 Å². The summed E-state index contributed by atoms with van der Waals surface area (Å²) in [6, 6.07) is 7.38. The average molecular weight is 520 g/mol. The lowest BCUT2D eigenvalue weighted by molar-refractivity contribution is 0.157. The number of rotatable bonds is 7. The second-order valence-electron chi connectivity index (χ2n) is 6.56. The maximum Gasteiger partial charge on any atom is 0.228 e. The van der Waals surface area contributed by atoms with Crippen LogP contribution in [-0.4, -0.2) is 60.9 Å². The molecule has 1 saturated heterocycles. The van der Waals surface area contributed by atoms with Crippen LogP contribution in [0.2, 0.25) is 5.02 Å². The molecule has 1 aromatic carbocycles. The van der Waals surface area contributed by atoms with Crippen LogP contribution < -0.4 is 5.32 Å². The molecule has 0 radical (unpaired) electrons. The first kappa shape index (κ1) is 22.9. The first-order chi connectivity index (χ1) is 13.2. The first-order valence-corrected chi connectivity index (χ1v) is 9.68. The third-order valence-corrected chi connectivity index (χ3v) is 4.73. The Morgan fingerprint density at radius 2 is 2.18 bits per heavy atom. The minimum Gasteiger partial charge on any atom is -0.384 e. The number of aromatic nitrogens is 2. The molecule has 3 rings (SSSR count). The predicted molar refractivity (Wildman–Crippen MR) is 121 cm³/mol. The monoisotopic (exact) mass is 519 g/mol. The number of methoxy groups -OCH3 is 1. The molecule has 1 atom stereocenters. The van der Waals surface area contributed by atoms with E-state index in [-0.39, 0.29) is 24.0 Å². The lowest BCUT2D eigenvalue weighted by atomic mass is 10.1. The van der Waals surface area contributed by atoms with Gasteiger partial charge in [-0.2, -0.15) is 4.98 Å². The molecule has 9 heteroatoms. The lowest BCUT2D eigenvalue weighted by Gasteiger charge is -2.21. The quantitative estimate of drug-likeness (QED) is 0.343. The van der Waals surface area contributed by atoms with Crippen LogP contribution >= 0.6 is 35.6 Å². The highest BCUT2D eigenvalue weighted by atomic mass is 127. The number of halogens is 2. The second-order valence-corrected chi connectivity index (χ2v) is 7.00. The van der Waals surface area contributed by atoms with Crippen molar-refractivity contribution in [1.29, 1.82) is 0 Å². The maximum absolute atomic E-state index is 5.91. The van der Waals surface area contributed by atoms with Gasteiger partial charge in [0.1, 0.15) is 0 Å². The summed E-state index contributed by atoms with van der Waals surface area (Å²) in [4.78, 5) is 11.5. The molecule has 1 N–H and O–H groups in total. The van der Waals surface area contributed by atoms with Crippen molar-refractivity contribution in [3.63, 3.8) is 0 Å². The van der Waals surface area contributed by atoms with Crippen molar-refractivity contribution in [2.75, 3.05) is 39.9 Å². The van der Waals surface area contributed by atoms with Crippen LogP contribution in [0.3, 0.4) is 0 Å². The van der Waals surface area contributed by atoms with Crippen molar-refractivity contribution in [3.8, 4) is 11.4 Å². The van der Waals surface area contributed by atoms with Crippen LogP contribution in [0.15, 0.2) is 33.8 Å². The van der Waals surface area contributed by atoms with Gasteiger partial charge in [0.25, 0.3) is 0 Å². The highest BCUT2D eigenvalue weighted by molar-refractivity contribution is 14.0. The molecule has 2 aromatic rings. The molecule has 1 fully saturated rings. The Labute approximate surface area is 187 Å². The van der Waals surface area contributed by atoms with E-state index in [0.29, 0.717) is 35.6 Å². The molecule has 0 amide bonds. The number of nitrogens with zero attached hydrogens (tertiary/aromatic N) is 4. The van der Waals surface area contributed by atoms with Gasteiger partial charge < -0.3 is 19.5 Å². The summed E-state index contributed by atoms with van der Waals surface area (Å²) >= 11 is 5.91. The third kappa shape index (κ3) is 6.31. The molecular formula is C19H27ClIN5O2. The van der Waals surface area contributed by atoms with Gasteiger partial charge in [0.05, 0.1) is 13.2 Å². The van der Waals surface area contributed by atoms with Crippen molar-refractivity contribution in [1.82, 2.24) is 20.4 Å². The first-order valence-electron chi connectivity index (χ1n) is 9.30. The average Bonchev–Trinajstić information content (AvgIpc) is 3.32. The van der Waals surface area contributed by atoms with Crippen molar-refractivity contribution in [2.24, 2.45) is 10.9 Å². The summed E-state index contributed by atoms with van der Waals surface area (Å²) in [5, 5.41) is 8.09. The molecule has 0 bridgehead atoms. The van der Waals surface area contributed by atoms with Crippen LogP contribution in [0.4, 0.5) is 0 Å². The van der Waals surface area contributed by atoms with Gasteiger partial charge in [0.15, 0.2) is 5.96 Å². The standard InChI is InChI=1S/C19H26ClN5O2.HI/c1-3-21-19(25-11-9-14(12-25)13-26-2)22-10-8-17-23-18(24-27-17)15-4-6-16(20)7-5-15;/h4-7,14H,3,8-13H2,1-2H3,(H,21,22);1H. The number of aliphatic imine (C=N–C) groups is 1. The van der Waals surface area contributed by atoms with Crippen molar-refractivity contribution >= 4 is 41.5 Å². The Bertz CT molecular complexity index is 753. The molecule has 154 valence electrons. The van der Waals surface area contributed by atoms with Crippen LogP contribution in [-0.2, 0) is 11.2 Å².